The first-order valence-electron chi connectivity index (χ1n) is 15.4. The van der Waals surface area contributed by atoms with E-state index < -0.39 is 5.60 Å². The molecule has 1 saturated heterocycles. The van der Waals surface area contributed by atoms with Gasteiger partial charge in [-0.15, -0.1) is 0 Å². The Morgan fingerprint density at radius 2 is 1.66 bits per heavy atom. The minimum Gasteiger partial charge on any atom is -0.444 e. The van der Waals surface area contributed by atoms with E-state index in [-0.39, 0.29) is 17.8 Å². The van der Waals surface area contributed by atoms with Gasteiger partial charge in [-0.2, -0.15) is 4.98 Å². The lowest BCUT2D eigenvalue weighted by Crippen LogP contribution is -2.55. The monoisotopic (exact) mass is 557 g/mol. The summed E-state index contributed by atoms with van der Waals surface area (Å²) in [5.41, 5.74) is 5.58. The van der Waals surface area contributed by atoms with Crippen LogP contribution in [0.15, 0.2) is 29.1 Å². The van der Waals surface area contributed by atoms with Crippen LogP contribution in [0.25, 0.3) is 16.7 Å². The number of amides is 1. The number of hydrogen-bond acceptors (Lipinski definition) is 6. The van der Waals surface area contributed by atoms with Gasteiger partial charge in [0.25, 0.3) is 0 Å². The molecule has 0 bridgehead atoms. The predicted molar refractivity (Wildman–Crippen MR) is 162 cm³/mol. The number of benzene rings is 1. The lowest BCUT2D eigenvalue weighted by atomic mass is 10.0. The summed E-state index contributed by atoms with van der Waals surface area (Å²) in [7, 11) is 0. The molecule has 218 valence electrons. The van der Waals surface area contributed by atoms with Crippen LogP contribution in [-0.4, -0.2) is 56.8 Å². The Morgan fingerprint density at radius 3 is 2.22 bits per heavy atom. The third-order valence-electron chi connectivity index (χ3n) is 8.63. The second-order valence-electron chi connectivity index (χ2n) is 13.0. The average molecular weight is 558 g/mol. The molecule has 8 heteroatoms. The van der Waals surface area contributed by atoms with Crippen molar-refractivity contribution in [2.24, 2.45) is 0 Å². The Hall–Kier alpha value is -3.42. The number of piperazine rings is 1. The maximum atomic E-state index is 14.1. The molecule has 3 fully saturated rings. The van der Waals surface area contributed by atoms with Gasteiger partial charge in [0.15, 0.2) is 5.65 Å². The van der Waals surface area contributed by atoms with E-state index in [1.54, 1.807) is 9.47 Å². The van der Waals surface area contributed by atoms with Crippen LogP contribution in [0.5, 0.6) is 0 Å². The van der Waals surface area contributed by atoms with Gasteiger partial charge in [0, 0.05) is 37.3 Å². The van der Waals surface area contributed by atoms with Gasteiger partial charge in [-0.1, -0.05) is 32.0 Å². The molecule has 41 heavy (non-hydrogen) atoms. The van der Waals surface area contributed by atoms with Crippen LogP contribution in [0.3, 0.4) is 0 Å². The second kappa shape index (κ2) is 10.4. The molecule has 8 nitrogen and oxygen atoms in total. The van der Waals surface area contributed by atoms with Crippen molar-refractivity contribution in [3.05, 3.63) is 57.1 Å². The summed E-state index contributed by atoms with van der Waals surface area (Å²) in [4.78, 5) is 41.0. The van der Waals surface area contributed by atoms with E-state index in [0.717, 1.165) is 47.9 Å². The average Bonchev–Trinajstić information content (AvgIpc) is 3.84. The number of aromatic nitrogens is 3. The highest BCUT2D eigenvalue weighted by Gasteiger charge is 2.37. The van der Waals surface area contributed by atoms with Gasteiger partial charge in [0.2, 0.25) is 0 Å². The lowest BCUT2D eigenvalue weighted by molar-refractivity contribution is 0.0218. The summed E-state index contributed by atoms with van der Waals surface area (Å²) < 4.78 is 7.44. The number of fused-ring (bicyclic) bond motifs is 1. The fourth-order valence-electron chi connectivity index (χ4n) is 6.25. The minimum absolute atomic E-state index is 0.0381. The third-order valence-corrected chi connectivity index (χ3v) is 8.63. The molecule has 1 unspecified atom stereocenters. The molecular weight excluding hydrogens is 514 g/mol. The fraction of sp³-hybridized carbons (Fsp3) is 0.576. The van der Waals surface area contributed by atoms with Crippen LogP contribution in [0.2, 0.25) is 0 Å². The number of pyridine rings is 1. The second-order valence-corrected chi connectivity index (χ2v) is 13.0. The van der Waals surface area contributed by atoms with E-state index in [4.69, 9.17) is 14.7 Å². The molecule has 6 rings (SSSR count). The molecule has 0 spiro atoms. The molecule has 2 aliphatic carbocycles. The van der Waals surface area contributed by atoms with Crippen molar-refractivity contribution in [3.8, 4) is 5.69 Å². The van der Waals surface area contributed by atoms with Gasteiger partial charge in [0.1, 0.15) is 11.4 Å². The van der Waals surface area contributed by atoms with Gasteiger partial charge < -0.3 is 14.5 Å². The summed E-state index contributed by atoms with van der Waals surface area (Å²) in [5, 5.41) is 0.932. The highest BCUT2D eigenvalue weighted by molar-refractivity contribution is 5.90. The van der Waals surface area contributed by atoms with Gasteiger partial charge in [-0.05, 0) is 94.9 Å². The molecule has 3 heterocycles. The van der Waals surface area contributed by atoms with Crippen LogP contribution in [0, 0.1) is 0 Å². The van der Waals surface area contributed by atoms with E-state index in [1.165, 1.54) is 24.1 Å². The fourth-order valence-corrected chi connectivity index (χ4v) is 6.25. The standard InChI is InChI=1S/C33H43N5O3/c1-7-21-10-9-11-22(8-2)28(21)38-30-26(18-25(23-12-13-23)27(34-30)24-14-15-24)29(35-31(38)39)37-17-16-36(19-20(37)3)32(40)41-33(4,5)6/h9-11,18,20,23-24H,7-8,12-17,19H2,1-6H3. The molecule has 0 N–H and O–H groups in total. The van der Waals surface area contributed by atoms with E-state index in [1.807, 2.05) is 20.8 Å². The number of aryl methyl sites for hydroxylation is 2. The molecule has 2 aromatic heterocycles. The largest absolute Gasteiger partial charge is 0.444 e. The zero-order chi connectivity index (χ0) is 29.1. The molecule has 3 aliphatic rings. The normalized spacial score (nSPS) is 19.6. The third kappa shape index (κ3) is 5.33. The number of para-hydroxylation sites is 1. The highest BCUT2D eigenvalue weighted by Crippen LogP contribution is 2.49. The zero-order valence-corrected chi connectivity index (χ0v) is 25.4. The first kappa shape index (κ1) is 27.7. The first-order chi connectivity index (χ1) is 19.6. The van der Waals surface area contributed by atoms with E-state index in [0.29, 0.717) is 42.9 Å². The number of nitrogens with zero attached hydrogens (tertiary/aromatic N) is 5. The Labute approximate surface area is 242 Å². The number of rotatable bonds is 6. The van der Waals surface area contributed by atoms with Crippen molar-refractivity contribution in [2.45, 2.75) is 104 Å². The van der Waals surface area contributed by atoms with E-state index in [2.05, 4.69) is 49.9 Å². The van der Waals surface area contributed by atoms with Crippen molar-refractivity contribution in [3.63, 3.8) is 0 Å². The smallest absolute Gasteiger partial charge is 0.410 e. The van der Waals surface area contributed by atoms with Crippen molar-refractivity contribution in [1.29, 1.82) is 0 Å². The number of carbonyl (C=O) groups is 1. The summed E-state index contributed by atoms with van der Waals surface area (Å²) in [6, 6.07) is 8.57. The van der Waals surface area contributed by atoms with E-state index >= 15 is 0 Å². The first-order valence-corrected chi connectivity index (χ1v) is 15.4. The van der Waals surface area contributed by atoms with Crippen molar-refractivity contribution < 1.29 is 9.53 Å². The van der Waals surface area contributed by atoms with Gasteiger partial charge >= 0.3 is 11.8 Å². The Balaban J connectivity index is 1.51. The highest BCUT2D eigenvalue weighted by atomic mass is 16.6. The maximum absolute atomic E-state index is 14.1. The van der Waals surface area contributed by atoms with Crippen LogP contribution >= 0.6 is 0 Å². The summed E-state index contributed by atoms with van der Waals surface area (Å²) >= 11 is 0. The van der Waals surface area contributed by atoms with Crippen molar-refractivity contribution >= 4 is 22.9 Å². The Kier molecular flexibility index (Phi) is 7.07. The summed E-state index contributed by atoms with van der Waals surface area (Å²) in [5.74, 6) is 1.71. The summed E-state index contributed by atoms with van der Waals surface area (Å²) in [6.07, 6.45) is 6.05. The Bertz CT molecular complexity index is 1520. The number of ether oxygens (including phenoxy) is 1. The molecule has 0 radical (unpaired) electrons. The Morgan fingerprint density at radius 1 is 1.00 bits per heavy atom. The van der Waals surface area contributed by atoms with Crippen molar-refractivity contribution in [2.75, 3.05) is 24.5 Å². The zero-order valence-electron chi connectivity index (χ0n) is 25.4. The number of carbonyl (C=O) groups excluding carboxylic acids is 1. The molecule has 2 saturated carbocycles. The van der Waals surface area contributed by atoms with Gasteiger partial charge in [-0.3, -0.25) is 0 Å². The minimum atomic E-state index is -0.546. The summed E-state index contributed by atoms with van der Waals surface area (Å²) in [6.45, 7) is 13.6. The van der Waals surface area contributed by atoms with Crippen molar-refractivity contribution in [1.82, 2.24) is 19.4 Å². The number of anilines is 1. The van der Waals surface area contributed by atoms with Crippen LogP contribution in [0.1, 0.15) is 101 Å². The SMILES string of the molecule is CCc1cccc(CC)c1-n1c(=O)nc(N2CCN(C(=O)OC(C)(C)C)CC2C)c2cc(C3CC3)c(C3CC3)nc21. The molecule has 1 amide bonds. The lowest BCUT2D eigenvalue weighted by Gasteiger charge is -2.41. The molecule has 1 aromatic carbocycles. The molecular formula is C33H43N5O3. The quantitative estimate of drug-likeness (QED) is 0.364. The number of hydrogen-bond donors (Lipinski definition) is 0. The van der Waals surface area contributed by atoms with Crippen LogP contribution < -0.4 is 10.6 Å². The van der Waals surface area contributed by atoms with E-state index in [9.17, 15) is 9.59 Å². The molecule has 3 aromatic rings. The van der Waals surface area contributed by atoms with Crippen LogP contribution in [-0.2, 0) is 17.6 Å². The van der Waals surface area contributed by atoms with Gasteiger partial charge in [-0.25, -0.2) is 19.1 Å². The molecule has 1 aliphatic heterocycles. The van der Waals surface area contributed by atoms with Crippen LogP contribution in [0.4, 0.5) is 10.6 Å². The topological polar surface area (TPSA) is 80.6 Å². The molecule has 1 atom stereocenters. The predicted octanol–water partition coefficient (Wildman–Crippen LogP) is 6.11. The van der Waals surface area contributed by atoms with Gasteiger partial charge in [0.05, 0.1) is 11.1 Å². The maximum Gasteiger partial charge on any atom is 0.410 e.